The van der Waals surface area contributed by atoms with Crippen molar-refractivity contribution in [2.24, 2.45) is 0 Å². The van der Waals surface area contributed by atoms with E-state index in [1.807, 2.05) is 53.4 Å². The molecule has 0 aliphatic carbocycles. The number of thiazole rings is 1. The average molecular weight is 271 g/mol. The van der Waals surface area contributed by atoms with Gasteiger partial charge in [-0.25, -0.2) is 4.98 Å². The van der Waals surface area contributed by atoms with Crippen LogP contribution in [-0.4, -0.2) is 15.3 Å². The van der Waals surface area contributed by atoms with Crippen LogP contribution >= 0.6 is 11.3 Å². The minimum absolute atomic E-state index is 0.0728. The van der Waals surface area contributed by atoms with Crippen molar-refractivity contribution < 1.29 is 4.79 Å². The fraction of sp³-hybridized carbons (Fsp3) is 0.143. The standard InChI is InChI=1S/C14H13N3OS/c1-10-2-4-11(5-3-10)13(18)15-8-12-9-17-6-7-19-14(17)16-12/h2-7,9H,8H2,1H3,(H,15,18). The molecule has 0 saturated heterocycles. The highest BCUT2D eigenvalue weighted by atomic mass is 32.1. The maximum atomic E-state index is 11.9. The summed E-state index contributed by atoms with van der Waals surface area (Å²) in [5, 5.41) is 4.86. The summed E-state index contributed by atoms with van der Waals surface area (Å²) >= 11 is 1.58. The minimum Gasteiger partial charge on any atom is -0.346 e. The zero-order valence-corrected chi connectivity index (χ0v) is 11.3. The number of rotatable bonds is 3. The van der Waals surface area contributed by atoms with Gasteiger partial charge in [-0.2, -0.15) is 0 Å². The Labute approximate surface area is 114 Å². The summed E-state index contributed by atoms with van der Waals surface area (Å²) in [6.07, 6.45) is 3.89. The van der Waals surface area contributed by atoms with Gasteiger partial charge in [-0.15, -0.1) is 11.3 Å². The Kier molecular flexibility index (Phi) is 3.05. The highest BCUT2D eigenvalue weighted by Crippen LogP contribution is 2.11. The van der Waals surface area contributed by atoms with Gasteiger partial charge in [0.15, 0.2) is 4.96 Å². The van der Waals surface area contributed by atoms with Crippen LogP contribution in [0.5, 0.6) is 0 Å². The van der Waals surface area contributed by atoms with E-state index in [4.69, 9.17) is 0 Å². The second-order valence-electron chi connectivity index (χ2n) is 4.37. The van der Waals surface area contributed by atoms with Gasteiger partial charge >= 0.3 is 0 Å². The zero-order valence-electron chi connectivity index (χ0n) is 10.5. The van der Waals surface area contributed by atoms with E-state index in [1.54, 1.807) is 11.3 Å². The van der Waals surface area contributed by atoms with Gasteiger partial charge in [0.2, 0.25) is 0 Å². The molecule has 0 spiro atoms. The lowest BCUT2D eigenvalue weighted by Crippen LogP contribution is -2.22. The van der Waals surface area contributed by atoms with E-state index >= 15 is 0 Å². The number of aryl methyl sites for hydroxylation is 1. The molecule has 0 atom stereocenters. The van der Waals surface area contributed by atoms with E-state index in [2.05, 4.69) is 10.3 Å². The van der Waals surface area contributed by atoms with Gasteiger partial charge in [0.25, 0.3) is 5.91 Å². The van der Waals surface area contributed by atoms with Crippen molar-refractivity contribution in [3.63, 3.8) is 0 Å². The van der Waals surface area contributed by atoms with Gasteiger partial charge < -0.3 is 5.32 Å². The van der Waals surface area contributed by atoms with Crippen LogP contribution in [0.25, 0.3) is 4.96 Å². The van der Waals surface area contributed by atoms with Gasteiger partial charge in [-0.1, -0.05) is 17.7 Å². The zero-order chi connectivity index (χ0) is 13.2. The Morgan fingerprint density at radius 3 is 2.89 bits per heavy atom. The summed E-state index contributed by atoms with van der Waals surface area (Å²) in [5.41, 5.74) is 2.69. The molecular formula is C14H13N3OS. The summed E-state index contributed by atoms with van der Waals surface area (Å²) in [4.78, 5) is 17.3. The second-order valence-corrected chi connectivity index (χ2v) is 5.25. The molecule has 0 fully saturated rings. The van der Waals surface area contributed by atoms with Crippen LogP contribution in [0.4, 0.5) is 0 Å². The highest BCUT2D eigenvalue weighted by Gasteiger charge is 2.07. The van der Waals surface area contributed by atoms with Crippen molar-refractivity contribution in [1.29, 1.82) is 0 Å². The van der Waals surface area contributed by atoms with Crippen LogP contribution in [0.3, 0.4) is 0 Å². The highest BCUT2D eigenvalue weighted by molar-refractivity contribution is 7.15. The first kappa shape index (κ1) is 11.9. The predicted octanol–water partition coefficient (Wildman–Crippen LogP) is 2.63. The third-order valence-electron chi connectivity index (χ3n) is 2.89. The quantitative estimate of drug-likeness (QED) is 0.796. The summed E-state index contributed by atoms with van der Waals surface area (Å²) in [6.45, 7) is 2.45. The molecule has 0 bridgehead atoms. The van der Waals surface area contributed by atoms with Crippen LogP contribution < -0.4 is 5.32 Å². The number of nitrogens with zero attached hydrogens (tertiary/aromatic N) is 2. The smallest absolute Gasteiger partial charge is 0.251 e. The molecule has 3 aromatic rings. The van der Waals surface area contributed by atoms with Crippen molar-refractivity contribution in [2.45, 2.75) is 13.5 Å². The van der Waals surface area contributed by atoms with E-state index in [-0.39, 0.29) is 5.91 Å². The van der Waals surface area contributed by atoms with Crippen molar-refractivity contribution >= 4 is 22.2 Å². The van der Waals surface area contributed by atoms with E-state index in [9.17, 15) is 4.79 Å². The van der Waals surface area contributed by atoms with Crippen molar-refractivity contribution in [1.82, 2.24) is 14.7 Å². The number of hydrogen-bond donors (Lipinski definition) is 1. The first-order valence-corrected chi connectivity index (χ1v) is 6.86. The molecule has 0 aliphatic heterocycles. The van der Waals surface area contributed by atoms with Crippen LogP contribution in [0.15, 0.2) is 42.0 Å². The van der Waals surface area contributed by atoms with Crippen LogP contribution in [0.1, 0.15) is 21.6 Å². The fourth-order valence-electron chi connectivity index (χ4n) is 1.84. The molecular weight excluding hydrogens is 258 g/mol. The number of carbonyl (C=O) groups excluding carboxylic acids is 1. The summed E-state index contributed by atoms with van der Waals surface area (Å²) < 4.78 is 1.96. The molecule has 1 aromatic carbocycles. The number of amides is 1. The first-order chi connectivity index (χ1) is 9.22. The summed E-state index contributed by atoms with van der Waals surface area (Å²) in [6, 6.07) is 7.52. The molecule has 19 heavy (non-hydrogen) atoms. The van der Waals surface area contributed by atoms with Crippen LogP contribution in [0, 0.1) is 6.92 Å². The van der Waals surface area contributed by atoms with Crippen molar-refractivity contribution in [2.75, 3.05) is 0 Å². The molecule has 3 rings (SSSR count). The molecule has 2 aromatic heterocycles. The second kappa shape index (κ2) is 4.85. The topological polar surface area (TPSA) is 46.4 Å². The summed E-state index contributed by atoms with van der Waals surface area (Å²) in [5.74, 6) is -0.0728. The third kappa shape index (κ3) is 2.51. The molecule has 1 N–H and O–H groups in total. The Balaban J connectivity index is 1.67. The SMILES string of the molecule is Cc1ccc(C(=O)NCc2cn3ccsc3n2)cc1. The number of hydrogen-bond acceptors (Lipinski definition) is 3. The largest absolute Gasteiger partial charge is 0.346 e. The molecule has 4 nitrogen and oxygen atoms in total. The lowest BCUT2D eigenvalue weighted by Gasteiger charge is -2.03. The van der Waals surface area contributed by atoms with Gasteiger partial charge in [-0.05, 0) is 19.1 Å². The fourth-order valence-corrected chi connectivity index (χ4v) is 2.56. The molecule has 96 valence electrons. The van der Waals surface area contributed by atoms with Gasteiger partial charge in [-0.3, -0.25) is 9.20 Å². The first-order valence-electron chi connectivity index (χ1n) is 5.98. The molecule has 0 radical (unpaired) electrons. The van der Waals surface area contributed by atoms with Gasteiger partial charge in [0.1, 0.15) is 0 Å². The number of fused-ring (bicyclic) bond motifs is 1. The monoisotopic (exact) mass is 271 g/mol. The Morgan fingerprint density at radius 2 is 2.16 bits per heavy atom. The molecule has 1 amide bonds. The van der Waals surface area contributed by atoms with Crippen LogP contribution in [0.2, 0.25) is 0 Å². The average Bonchev–Trinajstić information content (AvgIpc) is 2.97. The van der Waals surface area contributed by atoms with Crippen LogP contribution in [-0.2, 0) is 6.54 Å². The maximum absolute atomic E-state index is 11.9. The predicted molar refractivity (Wildman–Crippen MR) is 75.4 cm³/mol. The minimum atomic E-state index is -0.0728. The van der Waals surface area contributed by atoms with E-state index in [0.717, 1.165) is 16.2 Å². The number of imidazole rings is 1. The number of carbonyl (C=O) groups is 1. The summed E-state index contributed by atoms with van der Waals surface area (Å²) in [7, 11) is 0. The molecule has 0 saturated carbocycles. The van der Waals surface area contributed by atoms with Gasteiger partial charge in [0, 0.05) is 23.3 Å². The Morgan fingerprint density at radius 1 is 1.37 bits per heavy atom. The maximum Gasteiger partial charge on any atom is 0.251 e. The Hall–Kier alpha value is -2.14. The number of nitrogens with one attached hydrogen (secondary N) is 1. The number of aromatic nitrogens is 2. The lowest BCUT2D eigenvalue weighted by atomic mass is 10.1. The van der Waals surface area contributed by atoms with Crippen molar-refractivity contribution in [3.05, 3.63) is 58.9 Å². The van der Waals surface area contributed by atoms with E-state index < -0.39 is 0 Å². The molecule has 2 heterocycles. The van der Waals surface area contributed by atoms with E-state index in [1.165, 1.54) is 0 Å². The molecule has 0 unspecified atom stereocenters. The van der Waals surface area contributed by atoms with Crippen molar-refractivity contribution in [3.8, 4) is 0 Å². The molecule has 5 heteroatoms. The number of benzene rings is 1. The Bertz CT molecular complexity index is 683. The van der Waals surface area contributed by atoms with Gasteiger partial charge in [0.05, 0.1) is 12.2 Å². The van der Waals surface area contributed by atoms with E-state index in [0.29, 0.717) is 12.1 Å². The lowest BCUT2D eigenvalue weighted by molar-refractivity contribution is 0.0950. The third-order valence-corrected chi connectivity index (χ3v) is 3.66. The normalized spacial score (nSPS) is 10.8. The molecule has 0 aliphatic rings.